The smallest absolute Gasteiger partial charge is 0.144 e. The summed E-state index contributed by atoms with van der Waals surface area (Å²) in [5.74, 6) is 1.06. The largest absolute Gasteiger partial charge is 0.494 e. The van der Waals surface area contributed by atoms with Crippen molar-refractivity contribution in [1.29, 1.82) is 0 Å². The summed E-state index contributed by atoms with van der Waals surface area (Å²) in [6.45, 7) is 4.17. The van der Waals surface area contributed by atoms with Crippen molar-refractivity contribution in [3.05, 3.63) is 35.7 Å². The van der Waals surface area contributed by atoms with Gasteiger partial charge in [-0.3, -0.25) is 0 Å². The van der Waals surface area contributed by atoms with Crippen molar-refractivity contribution in [3.63, 3.8) is 0 Å². The number of hydrogen-bond donors (Lipinski definition) is 1. The molecule has 0 aliphatic heterocycles. The predicted octanol–water partition coefficient (Wildman–Crippen LogP) is 2.67. The van der Waals surface area contributed by atoms with Gasteiger partial charge < -0.3 is 9.84 Å². The Morgan fingerprint density at radius 1 is 1.25 bits per heavy atom. The molecule has 0 fully saturated rings. The van der Waals surface area contributed by atoms with E-state index in [-0.39, 0.29) is 6.61 Å². The Hall–Kier alpha value is -1.88. The van der Waals surface area contributed by atoms with Gasteiger partial charge in [0.25, 0.3) is 0 Å². The van der Waals surface area contributed by atoms with Crippen molar-refractivity contribution in [2.24, 2.45) is 0 Å². The fraction of sp³-hybridized carbons (Fsp3) is 0.467. The Morgan fingerprint density at radius 2 is 1.95 bits per heavy atom. The first kappa shape index (κ1) is 14.5. The molecule has 0 unspecified atom stereocenters. The minimum Gasteiger partial charge on any atom is -0.494 e. The highest BCUT2D eigenvalue weighted by Crippen LogP contribution is 2.30. The van der Waals surface area contributed by atoms with Crippen LogP contribution in [-0.4, -0.2) is 27.2 Å². The molecule has 0 spiro atoms. The summed E-state index contributed by atoms with van der Waals surface area (Å²) in [5.41, 5.74) is 2.47. The van der Waals surface area contributed by atoms with Crippen LogP contribution in [0.1, 0.15) is 44.0 Å². The number of para-hydroxylation sites is 2. The van der Waals surface area contributed by atoms with Gasteiger partial charge in [0.2, 0.25) is 0 Å². The number of hydrogen-bond acceptors (Lipinski definition) is 4. The molecule has 1 N–H and O–H groups in total. The fourth-order valence-electron chi connectivity index (χ4n) is 2.50. The standard InChI is InChI=1S/C15H21N3O2/c1-4-11(5-2)15-12(10-19)16-17-18(15)13-8-6-7-9-14(13)20-3/h6-9,11,19H,4-5,10H2,1-3H3. The van der Waals surface area contributed by atoms with E-state index in [2.05, 4.69) is 24.2 Å². The molecular formula is C15H21N3O2. The van der Waals surface area contributed by atoms with E-state index in [1.54, 1.807) is 11.8 Å². The van der Waals surface area contributed by atoms with Gasteiger partial charge in [-0.1, -0.05) is 31.2 Å². The summed E-state index contributed by atoms with van der Waals surface area (Å²) in [5, 5.41) is 17.8. The summed E-state index contributed by atoms with van der Waals surface area (Å²) >= 11 is 0. The number of rotatable bonds is 6. The highest BCUT2D eigenvalue weighted by atomic mass is 16.5. The van der Waals surface area contributed by atoms with Crippen molar-refractivity contribution in [1.82, 2.24) is 15.0 Å². The second-order valence-electron chi connectivity index (χ2n) is 4.68. The number of aromatic nitrogens is 3. The van der Waals surface area contributed by atoms with Crippen LogP contribution in [0.5, 0.6) is 5.75 Å². The number of nitrogens with zero attached hydrogens (tertiary/aromatic N) is 3. The summed E-state index contributed by atoms with van der Waals surface area (Å²) in [7, 11) is 1.64. The number of aliphatic hydroxyl groups is 1. The topological polar surface area (TPSA) is 60.2 Å². The average molecular weight is 275 g/mol. The maximum Gasteiger partial charge on any atom is 0.144 e. The number of aliphatic hydroxyl groups excluding tert-OH is 1. The molecule has 0 saturated carbocycles. The third-order valence-electron chi connectivity index (χ3n) is 3.61. The lowest BCUT2D eigenvalue weighted by atomic mass is 9.97. The molecule has 108 valence electrons. The van der Waals surface area contributed by atoms with E-state index in [9.17, 15) is 5.11 Å². The molecule has 0 aliphatic carbocycles. The molecule has 1 heterocycles. The quantitative estimate of drug-likeness (QED) is 0.880. The van der Waals surface area contributed by atoms with E-state index in [1.165, 1.54) is 0 Å². The summed E-state index contributed by atoms with van der Waals surface area (Å²) in [6, 6.07) is 7.70. The molecule has 0 bridgehead atoms. The van der Waals surface area contributed by atoms with Crippen LogP contribution in [0.3, 0.4) is 0 Å². The Bertz CT molecular complexity index is 562. The van der Waals surface area contributed by atoms with Crippen LogP contribution in [0.15, 0.2) is 24.3 Å². The van der Waals surface area contributed by atoms with Gasteiger partial charge in [0.05, 0.1) is 19.4 Å². The van der Waals surface area contributed by atoms with Crippen molar-refractivity contribution < 1.29 is 9.84 Å². The molecule has 5 heteroatoms. The van der Waals surface area contributed by atoms with Crippen LogP contribution < -0.4 is 4.74 Å². The molecule has 5 nitrogen and oxygen atoms in total. The Labute approximate surface area is 119 Å². The molecule has 2 rings (SSSR count). The van der Waals surface area contributed by atoms with Gasteiger partial charge in [-0.2, -0.15) is 0 Å². The van der Waals surface area contributed by atoms with Crippen LogP contribution >= 0.6 is 0 Å². The van der Waals surface area contributed by atoms with Crippen LogP contribution in [-0.2, 0) is 6.61 Å². The van der Waals surface area contributed by atoms with Crippen molar-refractivity contribution in [2.75, 3.05) is 7.11 Å². The SMILES string of the molecule is CCC(CC)c1c(CO)nnn1-c1ccccc1OC. The normalized spacial score (nSPS) is 11.1. The van der Waals surface area contributed by atoms with Crippen LogP contribution in [0, 0.1) is 0 Å². The van der Waals surface area contributed by atoms with Crippen LogP contribution in [0.25, 0.3) is 5.69 Å². The Morgan fingerprint density at radius 3 is 2.55 bits per heavy atom. The second-order valence-corrected chi connectivity index (χ2v) is 4.68. The molecule has 0 radical (unpaired) electrons. The van der Waals surface area contributed by atoms with Gasteiger partial charge in [-0.15, -0.1) is 5.10 Å². The molecule has 1 aromatic heterocycles. The first-order valence-corrected chi connectivity index (χ1v) is 6.95. The first-order chi connectivity index (χ1) is 9.76. The lowest BCUT2D eigenvalue weighted by Crippen LogP contribution is -2.10. The maximum absolute atomic E-state index is 9.50. The predicted molar refractivity (Wildman–Crippen MR) is 77.2 cm³/mol. The lowest BCUT2D eigenvalue weighted by Gasteiger charge is -2.17. The summed E-state index contributed by atoms with van der Waals surface area (Å²) in [4.78, 5) is 0. The molecule has 0 amide bonds. The van der Waals surface area contributed by atoms with Gasteiger partial charge in [-0.05, 0) is 25.0 Å². The van der Waals surface area contributed by atoms with E-state index < -0.39 is 0 Å². The van der Waals surface area contributed by atoms with Gasteiger partial charge in [-0.25, -0.2) is 4.68 Å². The Kier molecular flexibility index (Phi) is 4.74. The van der Waals surface area contributed by atoms with Gasteiger partial charge in [0.15, 0.2) is 0 Å². The lowest BCUT2D eigenvalue weighted by molar-refractivity contribution is 0.274. The van der Waals surface area contributed by atoms with Crippen molar-refractivity contribution in [3.8, 4) is 11.4 Å². The molecule has 2 aromatic rings. The van der Waals surface area contributed by atoms with Crippen molar-refractivity contribution in [2.45, 2.75) is 39.2 Å². The Balaban J connectivity index is 2.59. The minimum absolute atomic E-state index is 0.0962. The van der Waals surface area contributed by atoms with Crippen molar-refractivity contribution >= 4 is 0 Å². The molecule has 20 heavy (non-hydrogen) atoms. The molecule has 0 aliphatic rings. The van der Waals surface area contributed by atoms with E-state index in [0.717, 1.165) is 30.0 Å². The zero-order chi connectivity index (χ0) is 14.5. The summed E-state index contributed by atoms with van der Waals surface area (Å²) in [6.07, 6.45) is 1.96. The third kappa shape index (κ3) is 2.54. The first-order valence-electron chi connectivity index (χ1n) is 6.95. The number of ether oxygens (including phenoxy) is 1. The second kappa shape index (κ2) is 6.52. The minimum atomic E-state index is -0.0962. The number of methoxy groups -OCH3 is 1. The average Bonchev–Trinajstić information content (AvgIpc) is 2.92. The highest BCUT2D eigenvalue weighted by Gasteiger charge is 2.22. The van der Waals surface area contributed by atoms with Crippen LogP contribution in [0.4, 0.5) is 0 Å². The van der Waals surface area contributed by atoms with E-state index >= 15 is 0 Å². The van der Waals surface area contributed by atoms with Gasteiger partial charge in [0.1, 0.15) is 17.1 Å². The molecule has 0 saturated heterocycles. The third-order valence-corrected chi connectivity index (χ3v) is 3.61. The van der Waals surface area contributed by atoms with E-state index in [0.29, 0.717) is 11.6 Å². The molecule has 1 aromatic carbocycles. The maximum atomic E-state index is 9.50. The van der Waals surface area contributed by atoms with E-state index in [4.69, 9.17) is 4.74 Å². The van der Waals surface area contributed by atoms with E-state index in [1.807, 2.05) is 24.3 Å². The van der Waals surface area contributed by atoms with Crippen LogP contribution in [0.2, 0.25) is 0 Å². The monoisotopic (exact) mass is 275 g/mol. The fourth-order valence-corrected chi connectivity index (χ4v) is 2.50. The molecular weight excluding hydrogens is 254 g/mol. The highest BCUT2D eigenvalue weighted by molar-refractivity contribution is 5.47. The zero-order valence-corrected chi connectivity index (χ0v) is 12.2. The van der Waals surface area contributed by atoms with Gasteiger partial charge >= 0.3 is 0 Å². The molecule has 0 atom stereocenters. The van der Waals surface area contributed by atoms with Gasteiger partial charge in [0, 0.05) is 5.92 Å². The number of benzene rings is 1. The summed E-state index contributed by atoms with van der Waals surface area (Å²) < 4.78 is 7.19. The zero-order valence-electron chi connectivity index (χ0n) is 12.2.